The van der Waals surface area contributed by atoms with E-state index in [0.717, 1.165) is 34.3 Å². The summed E-state index contributed by atoms with van der Waals surface area (Å²) in [4.78, 5) is 15.5. The highest BCUT2D eigenvalue weighted by Crippen LogP contribution is 2.33. The molecule has 0 saturated carbocycles. The number of aromatic nitrogens is 1. The molecular weight excluding hydrogens is 429 g/mol. The molecule has 33 heavy (non-hydrogen) atoms. The van der Waals surface area contributed by atoms with Gasteiger partial charge >= 0.3 is 12.1 Å². The fraction of sp³-hybridized carbons (Fsp3) is 0.154. The number of nitrogens with one attached hydrogen (secondary N) is 1. The number of rotatable bonds is 7. The summed E-state index contributed by atoms with van der Waals surface area (Å²) in [5, 5.41) is 13.1. The molecule has 4 rings (SSSR count). The SMILES string of the molecule is O=C(O)CCCNc1cc(-c2ccc(-c3cccc(C(F)(F)F)c3)cc2)nc2ccccc12. The Balaban J connectivity index is 1.63. The van der Waals surface area contributed by atoms with Gasteiger partial charge in [0.1, 0.15) is 0 Å². The standard InChI is InChI=1S/C26H21F3N2O2/c27-26(28,29)20-6-3-5-19(15-20)17-10-12-18(13-11-17)23-16-24(30-14-4-9-25(32)33)21-7-1-2-8-22(21)31-23/h1-3,5-8,10-13,15-16H,4,9,14H2,(H,30,31)(H,32,33). The number of carboxylic acid groups (broad SMARTS) is 1. The van der Waals surface area contributed by atoms with Gasteiger partial charge in [0.15, 0.2) is 0 Å². The summed E-state index contributed by atoms with van der Waals surface area (Å²) in [6.45, 7) is 0.508. The van der Waals surface area contributed by atoms with Gasteiger partial charge in [-0.3, -0.25) is 4.79 Å². The number of fused-ring (bicyclic) bond motifs is 1. The summed E-state index contributed by atoms with van der Waals surface area (Å²) in [5.74, 6) is -0.835. The molecule has 0 radical (unpaired) electrons. The van der Waals surface area contributed by atoms with Crippen molar-refractivity contribution in [1.82, 2.24) is 4.98 Å². The lowest BCUT2D eigenvalue weighted by atomic mass is 10.00. The maximum absolute atomic E-state index is 13.0. The lowest BCUT2D eigenvalue weighted by molar-refractivity contribution is -0.138. The number of carboxylic acids is 1. The molecular formula is C26H21F3N2O2. The number of hydrogen-bond acceptors (Lipinski definition) is 3. The highest BCUT2D eigenvalue weighted by molar-refractivity contribution is 5.93. The molecule has 2 N–H and O–H groups in total. The molecule has 0 bridgehead atoms. The van der Waals surface area contributed by atoms with Gasteiger partial charge in [-0.25, -0.2) is 4.98 Å². The molecule has 4 aromatic rings. The van der Waals surface area contributed by atoms with E-state index in [4.69, 9.17) is 10.1 Å². The lowest BCUT2D eigenvalue weighted by Crippen LogP contribution is -2.05. The van der Waals surface area contributed by atoms with Crippen LogP contribution in [0.5, 0.6) is 0 Å². The largest absolute Gasteiger partial charge is 0.481 e. The second-order valence-corrected chi connectivity index (χ2v) is 7.65. The van der Waals surface area contributed by atoms with Crippen LogP contribution < -0.4 is 5.32 Å². The van der Waals surface area contributed by atoms with E-state index in [1.54, 1.807) is 18.2 Å². The van der Waals surface area contributed by atoms with E-state index >= 15 is 0 Å². The van der Waals surface area contributed by atoms with Crippen LogP contribution in [-0.2, 0) is 11.0 Å². The quantitative estimate of drug-likeness (QED) is 0.302. The third kappa shape index (κ3) is 5.31. The second kappa shape index (κ2) is 9.32. The van der Waals surface area contributed by atoms with Crippen molar-refractivity contribution in [1.29, 1.82) is 0 Å². The van der Waals surface area contributed by atoms with Crippen LogP contribution in [0.4, 0.5) is 18.9 Å². The Labute approximate surface area is 188 Å². The lowest BCUT2D eigenvalue weighted by Gasteiger charge is -2.13. The van der Waals surface area contributed by atoms with Gasteiger partial charge in [0, 0.05) is 29.6 Å². The number of anilines is 1. The van der Waals surface area contributed by atoms with Gasteiger partial charge < -0.3 is 10.4 Å². The molecule has 0 aliphatic carbocycles. The molecule has 0 unspecified atom stereocenters. The van der Waals surface area contributed by atoms with Crippen LogP contribution in [0.3, 0.4) is 0 Å². The number of carbonyl (C=O) groups is 1. The first kappa shape index (κ1) is 22.3. The molecule has 7 heteroatoms. The van der Waals surface area contributed by atoms with Crippen molar-refractivity contribution in [2.75, 3.05) is 11.9 Å². The maximum Gasteiger partial charge on any atom is 0.416 e. The van der Waals surface area contributed by atoms with E-state index in [0.29, 0.717) is 29.8 Å². The molecule has 4 nitrogen and oxygen atoms in total. The van der Waals surface area contributed by atoms with Gasteiger partial charge in [0.05, 0.1) is 16.8 Å². The number of benzene rings is 3. The van der Waals surface area contributed by atoms with Gasteiger partial charge in [0.25, 0.3) is 0 Å². The minimum absolute atomic E-state index is 0.0832. The summed E-state index contributed by atoms with van der Waals surface area (Å²) < 4.78 is 39.1. The van der Waals surface area contributed by atoms with Crippen molar-refractivity contribution in [3.8, 4) is 22.4 Å². The highest BCUT2D eigenvalue weighted by Gasteiger charge is 2.30. The smallest absolute Gasteiger partial charge is 0.416 e. The molecule has 0 aliphatic heterocycles. The molecule has 0 spiro atoms. The third-order valence-corrected chi connectivity index (χ3v) is 5.30. The first-order valence-corrected chi connectivity index (χ1v) is 10.4. The molecule has 0 fully saturated rings. The predicted octanol–water partition coefficient (Wildman–Crippen LogP) is 6.86. The van der Waals surface area contributed by atoms with Crippen molar-refractivity contribution in [3.63, 3.8) is 0 Å². The maximum atomic E-state index is 13.0. The van der Waals surface area contributed by atoms with E-state index in [1.807, 2.05) is 42.5 Å². The van der Waals surface area contributed by atoms with Crippen molar-refractivity contribution in [3.05, 3.63) is 84.4 Å². The summed E-state index contributed by atoms with van der Waals surface area (Å²) in [5.41, 5.74) is 3.66. The third-order valence-electron chi connectivity index (χ3n) is 5.30. The van der Waals surface area contributed by atoms with Crippen LogP contribution >= 0.6 is 0 Å². The van der Waals surface area contributed by atoms with E-state index in [1.165, 1.54) is 6.07 Å². The normalized spacial score (nSPS) is 11.5. The molecule has 168 valence electrons. The molecule has 1 heterocycles. The first-order valence-electron chi connectivity index (χ1n) is 10.4. The fourth-order valence-electron chi connectivity index (χ4n) is 3.64. The van der Waals surface area contributed by atoms with Crippen LogP contribution in [-0.4, -0.2) is 22.6 Å². The zero-order valence-corrected chi connectivity index (χ0v) is 17.6. The van der Waals surface area contributed by atoms with Gasteiger partial charge in [-0.2, -0.15) is 13.2 Å². The average molecular weight is 450 g/mol. The van der Waals surface area contributed by atoms with Gasteiger partial charge in [-0.15, -0.1) is 0 Å². The minimum Gasteiger partial charge on any atom is -0.481 e. The number of alkyl halides is 3. The van der Waals surface area contributed by atoms with E-state index in [9.17, 15) is 18.0 Å². The molecule has 0 saturated heterocycles. The topological polar surface area (TPSA) is 62.2 Å². The van der Waals surface area contributed by atoms with Crippen molar-refractivity contribution >= 4 is 22.6 Å². The van der Waals surface area contributed by atoms with Crippen LogP contribution in [0.15, 0.2) is 78.9 Å². The molecule has 3 aromatic carbocycles. The van der Waals surface area contributed by atoms with E-state index in [-0.39, 0.29) is 6.42 Å². The monoisotopic (exact) mass is 450 g/mol. The van der Waals surface area contributed by atoms with Gasteiger partial charge in [0.2, 0.25) is 0 Å². The van der Waals surface area contributed by atoms with Crippen molar-refractivity contribution < 1.29 is 23.1 Å². The summed E-state index contributed by atoms with van der Waals surface area (Å²) in [6.07, 6.45) is -3.81. The zero-order chi connectivity index (χ0) is 23.4. The Morgan fingerprint density at radius 1 is 0.879 bits per heavy atom. The Hall–Kier alpha value is -3.87. The van der Waals surface area contributed by atoms with Crippen LogP contribution in [0.1, 0.15) is 18.4 Å². The predicted molar refractivity (Wildman–Crippen MR) is 123 cm³/mol. The van der Waals surface area contributed by atoms with Gasteiger partial charge in [-0.1, -0.05) is 54.6 Å². The number of para-hydroxylation sites is 1. The number of nitrogens with zero attached hydrogens (tertiary/aromatic N) is 1. The Morgan fingerprint density at radius 3 is 2.33 bits per heavy atom. The Kier molecular flexibility index (Phi) is 6.31. The van der Waals surface area contributed by atoms with Crippen LogP contribution in [0, 0.1) is 0 Å². The minimum atomic E-state index is -4.39. The summed E-state index contributed by atoms with van der Waals surface area (Å²) >= 11 is 0. The molecule has 0 atom stereocenters. The van der Waals surface area contributed by atoms with E-state index in [2.05, 4.69) is 5.32 Å². The Morgan fingerprint density at radius 2 is 1.61 bits per heavy atom. The van der Waals surface area contributed by atoms with Crippen molar-refractivity contribution in [2.45, 2.75) is 19.0 Å². The number of hydrogen-bond donors (Lipinski definition) is 2. The summed E-state index contributed by atoms with van der Waals surface area (Å²) in [7, 11) is 0. The summed E-state index contributed by atoms with van der Waals surface area (Å²) in [6, 6.07) is 22.0. The number of aliphatic carboxylic acids is 1. The second-order valence-electron chi connectivity index (χ2n) is 7.65. The average Bonchev–Trinajstić information content (AvgIpc) is 2.81. The fourth-order valence-corrected chi connectivity index (χ4v) is 3.64. The van der Waals surface area contributed by atoms with Crippen LogP contribution in [0.2, 0.25) is 0 Å². The van der Waals surface area contributed by atoms with Crippen LogP contribution in [0.25, 0.3) is 33.3 Å². The highest BCUT2D eigenvalue weighted by atomic mass is 19.4. The number of halogens is 3. The molecule has 1 aromatic heterocycles. The zero-order valence-electron chi connectivity index (χ0n) is 17.6. The van der Waals surface area contributed by atoms with Gasteiger partial charge in [-0.05, 0) is 41.8 Å². The molecule has 0 amide bonds. The van der Waals surface area contributed by atoms with E-state index < -0.39 is 17.7 Å². The number of pyridine rings is 1. The van der Waals surface area contributed by atoms with Crippen molar-refractivity contribution in [2.24, 2.45) is 0 Å². The first-order chi connectivity index (χ1) is 15.8. The Bertz CT molecular complexity index is 1280. The molecule has 0 aliphatic rings.